The number of hydrogen-bond donors (Lipinski definition) is 1. The van der Waals surface area contributed by atoms with Crippen molar-refractivity contribution in [3.05, 3.63) is 53.6 Å². The van der Waals surface area contributed by atoms with Gasteiger partial charge in [0.1, 0.15) is 0 Å². The summed E-state index contributed by atoms with van der Waals surface area (Å²) in [5.74, 6) is -0.0873. The van der Waals surface area contributed by atoms with Gasteiger partial charge >= 0.3 is 0 Å². The highest BCUT2D eigenvalue weighted by atomic mass is 35.5. The number of rotatable bonds is 5. The third-order valence-corrected chi connectivity index (χ3v) is 5.16. The number of benzene rings is 2. The van der Waals surface area contributed by atoms with E-state index in [0.717, 1.165) is 11.2 Å². The molecular weight excluding hydrogens is 342 g/mol. The van der Waals surface area contributed by atoms with E-state index >= 15 is 0 Å². The van der Waals surface area contributed by atoms with Crippen LogP contribution in [-0.4, -0.2) is 26.3 Å². The first-order valence-electron chi connectivity index (χ1n) is 6.33. The number of amides is 1. The van der Waals surface area contributed by atoms with Crippen LogP contribution in [0.5, 0.6) is 0 Å². The Kier molecular flexibility index (Phi) is 5.50. The van der Waals surface area contributed by atoms with Crippen molar-refractivity contribution < 1.29 is 13.2 Å². The summed E-state index contributed by atoms with van der Waals surface area (Å²) in [7, 11) is -3.39. The van der Waals surface area contributed by atoms with E-state index in [-0.39, 0.29) is 16.6 Å². The number of hydrogen-bond acceptors (Lipinski definition) is 4. The van der Waals surface area contributed by atoms with E-state index in [0.29, 0.717) is 10.7 Å². The molecule has 0 heterocycles. The van der Waals surface area contributed by atoms with Crippen LogP contribution in [0.2, 0.25) is 5.02 Å². The Balaban J connectivity index is 2.02. The summed E-state index contributed by atoms with van der Waals surface area (Å²) in [6, 6.07) is 13.5. The summed E-state index contributed by atoms with van der Waals surface area (Å²) in [5, 5.41) is 3.27. The molecule has 0 spiro atoms. The lowest BCUT2D eigenvalue weighted by Crippen LogP contribution is -2.16. The molecule has 0 unspecified atom stereocenters. The second-order valence-corrected chi connectivity index (χ2v) is 8.03. The van der Waals surface area contributed by atoms with Crippen molar-refractivity contribution in [3.8, 4) is 0 Å². The van der Waals surface area contributed by atoms with Crippen molar-refractivity contribution in [1.82, 2.24) is 0 Å². The third-order valence-electron chi connectivity index (χ3n) is 2.74. The smallest absolute Gasteiger partial charge is 0.234 e. The lowest BCUT2D eigenvalue weighted by molar-refractivity contribution is -0.113. The van der Waals surface area contributed by atoms with Crippen LogP contribution in [0.25, 0.3) is 0 Å². The summed E-state index contributed by atoms with van der Waals surface area (Å²) < 4.78 is 23.4. The Morgan fingerprint density at radius 3 is 2.41 bits per heavy atom. The van der Waals surface area contributed by atoms with E-state index in [1.54, 1.807) is 30.3 Å². The molecular formula is C15H14ClNO3S2. The number of halogens is 1. The fraction of sp³-hybridized carbons (Fsp3) is 0.133. The molecule has 0 aliphatic carbocycles. The topological polar surface area (TPSA) is 63.2 Å². The summed E-state index contributed by atoms with van der Waals surface area (Å²) in [5.41, 5.74) is 0.298. The maximum Gasteiger partial charge on any atom is 0.234 e. The SMILES string of the molecule is CS(=O)(=O)c1ccccc1NC(=O)CSc1ccc(Cl)cc1. The van der Waals surface area contributed by atoms with Gasteiger partial charge in [0.25, 0.3) is 0 Å². The van der Waals surface area contributed by atoms with E-state index in [9.17, 15) is 13.2 Å². The van der Waals surface area contributed by atoms with Crippen LogP contribution in [0.3, 0.4) is 0 Å². The number of sulfone groups is 1. The fourth-order valence-corrected chi connectivity index (χ4v) is 3.43. The molecule has 1 amide bonds. The molecule has 0 bridgehead atoms. The molecule has 0 fully saturated rings. The van der Waals surface area contributed by atoms with E-state index in [1.165, 1.54) is 17.8 Å². The summed E-state index contributed by atoms with van der Waals surface area (Å²) in [6.45, 7) is 0. The van der Waals surface area contributed by atoms with Gasteiger partial charge in [0.05, 0.1) is 16.3 Å². The standard InChI is InChI=1S/C15H14ClNO3S2/c1-22(19,20)14-5-3-2-4-13(14)17-15(18)10-21-12-8-6-11(16)7-9-12/h2-9H,10H2,1H3,(H,17,18). The zero-order chi connectivity index (χ0) is 16.2. The van der Waals surface area contributed by atoms with E-state index in [4.69, 9.17) is 11.6 Å². The van der Waals surface area contributed by atoms with E-state index < -0.39 is 9.84 Å². The molecule has 22 heavy (non-hydrogen) atoms. The van der Waals surface area contributed by atoms with Crippen LogP contribution >= 0.6 is 23.4 Å². The zero-order valence-corrected chi connectivity index (χ0v) is 14.1. The molecule has 7 heteroatoms. The van der Waals surface area contributed by atoms with Crippen LogP contribution in [0.4, 0.5) is 5.69 Å². The first kappa shape index (κ1) is 16.9. The van der Waals surface area contributed by atoms with Gasteiger partial charge in [0.2, 0.25) is 5.91 Å². The predicted molar refractivity (Wildman–Crippen MR) is 90.4 cm³/mol. The maximum atomic E-state index is 12.0. The molecule has 0 radical (unpaired) electrons. The van der Waals surface area contributed by atoms with Crippen LogP contribution in [0, 0.1) is 0 Å². The molecule has 2 aromatic rings. The molecule has 2 aromatic carbocycles. The van der Waals surface area contributed by atoms with Gasteiger partial charge in [0.15, 0.2) is 9.84 Å². The summed E-state index contributed by atoms with van der Waals surface area (Å²) in [4.78, 5) is 13.0. The molecule has 2 rings (SSSR count). The van der Waals surface area contributed by atoms with Gasteiger partial charge in [-0.3, -0.25) is 4.79 Å². The molecule has 0 aliphatic rings. The van der Waals surface area contributed by atoms with E-state index in [2.05, 4.69) is 5.32 Å². The van der Waals surface area contributed by atoms with Crippen molar-refractivity contribution in [2.24, 2.45) is 0 Å². The zero-order valence-electron chi connectivity index (χ0n) is 11.7. The highest BCUT2D eigenvalue weighted by Gasteiger charge is 2.14. The number of nitrogens with one attached hydrogen (secondary N) is 1. The Bertz CT molecular complexity index is 774. The second-order valence-electron chi connectivity index (χ2n) is 4.56. The number of carbonyl (C=O) groups excluding carboxylic acids is 1. The number of anilines is 1. The van der Waals surface area contributed by atoms with Gasteiger partial charge in [-0.15, -0.1) is 11.8 Å². The number of thioether (sulfide) groups is 1. The van der Waals surface area contributed by atoms with Crippen molar-refractivity contribution in [2.75, 3.05) is 17.3 Å². The van der Waals surface area contributed by atoms with Gasteiger partial charge < -0.3 is 5.32 Å². The summed E-state index contributed by atoms with van der Waals surface area (Å²) in [6.07, 6.45) is 1.11. The fourth-order valence-electron chi connectivity index (χ4n) is 1.76. The minimum Gasteiger partial charge on any atom is -0.324 e. The molecule has 0 saturated carbocycles. The lowest BCUT2D eigenvalue weighted by Gasteiger charge is -2.09. The summed E-state index contributed by atoms with van der Waals surface area (Å²) >= 11 is 7.15. The first-order chi connectivity index (χ1) is 10.4. The molecule has 1 N–H and O–H groups in total. The first-order valence-corrected chi connectivity index (χ1v) is 9.59. The normalized spacial score (nSPS) is 11.2. The van der Waals surface area contributed by atoms with E-state index in [1.807, 2.05) is 12.1 Å². The van der Waals surface area contributed by atoms with Gasteiger partial charge in [-0.05, 0) is 36.4 Å². The largest absolute Gasteiger partial charge is 0.324 e. The second kappa shape index (κ2) is 7.17. The van der Waals surface area contributed by atoms with Gasteiger partial charge in [0, 0.05) is 16.2 Å². The molecule has 0 saturated heterocycles. The molecule has 0 aliphatic heterocycles. The predicted octanol–water partition coefficient (Wildman–Crippen LogP) is 3.47. The van der Waals surface area contributed by atoms with Crippen molar-refractivity contribution in [3.63, 3.8) is 0 Å². The Hall–Kier alpha value is -1.50. The molecule has 0 aromatic heterocycles. The maximum absolute atomic E-state index is 12.0. The molecule has 116 valence electrons. The highest BCUT2D eigenvalue weighted by molar-refractivity contribution is 8.00. The van der Waals surface area contributed by atoms with Crippen molar-refractivity contribution in [2.45, 2.75) is 9.79 Å². The monoisotopic (exact) mass is 355 g/mol. The minimum absolute atomic E-state index is 0.111. The van der Waals surface area contributed by atoms with Gasteiger partial charge in [-0.2, -0.15) is 0 Å². The van der Waals surface area contributed by atoms with Crippen LogP contribution < -0.4 is 5.32 Å². The third kappa shape index (κ3) is 4.76. The van der Waals surface area contributed by atoms with Crippen LogP contribution in [0.1, 0.15) is 0 Å². The number of para-hydroxylation sites is 1. The Morgan fingerprint density at radius 2 is 1.77 bits per heavy atom. The Labute approximate surface area is 138 Å². The van der Waals surface area contributed by atoms with Gasteiger partial charge in [-0.25, -0.2) is 8.42 Å². The quantitative estimate of drug-likeness (QED) is 0.834. The highest BCUT2D eigenvalue weighted by Crippen LogP contribution is 2.23. The lowest BCUT2D eigenvalue weighted by atomic mass is 10.3. The van der Waals surface area contributed by atoms with Crippen molar-refractivity contribution >= 4 is 44.8 Å². The van der Waals surface area contributed by atoms with Crippen LogP contribution in [0.15, 0.2) is 58.3 Å². The number of carbonyl (C=O) groups is 1. The van der Waals surface area contributed by atoms with Crippen LogP contribution in [-0.2, 0) is 14.6 Å². The average Bonchev–Trinajstić information content (AvgIpc) is 2.46. The van der Waals surface area contributed by atoms with Crippen molar-refractivity contribution in [1.29, 1.82) is 0 Å². The minimum atomic E-state index is -3.39. The molecule has 4 nitrogen and oxygen atoms in total. The molecule has 0 atom stereocenters. The average molecular weight is 356 g/mol. The van der Waals surface area contributed by atoms with Gasteiger partial charge in [-0.1, -0.05) is 23.7 Å². The Morgan fingerprint density at radius 1 is 1.14 bits per heavy atom.